The molecule has 2 amide bonds. The summed E-state index contributed by atoms with van der Waals surface area (Å²) in [6.45, 7) is 3.11. The first-order valence-electron chi connectivity index (χ1n) is 17.8. The van der Waals surface area contributed by atoms with Crippen molar-refractivity contribution in [1.29, 1.82) is 5.41 Å². The van der Waals surface area contributed by atoms with Gasteiger partial charge < -0.3 is 26.0 Å². The molecule has 0 radical (unpaired) electrons. The van der Waals surface area contributed by atoms with Gasteiger partial charge in [0.1, 0.15) is 12.2 Å². The molecule has 5 N–H and O–H groups in total. The Labute approximate surface area is 295 Å². The van der Waals surface area contributed by atoms with E-state index < -0.39 is 17.8 Å². The number of carbonyl (C=O) groups excluding carboxylic acids is 2. The van der Waals surface area contributed by atoms with E-state index in [9.17, 15) is 9.59 Å². The number of nitrogen functional groups attached to an aromatic ring is 1. The highest BCUT2D eigenvalue weighted by Gasteiger charge is 2.51. The van der Waals surface area contributed by atoms with Gasteiger partial charge in [-0.25, -0.2) is 9.98 Å². The third-order valence-electron chi connectivity index (χ3n) is 9.48. The summed E-state index contributed by atoms with van der Waals surface area (Å²) in [6, 6.07) is 16.4. The lowest BCUT2D eigenvalue weighted by Gasteiger charge is -2.29. The number of hydrogen-bond donors (Lipinski definition) is 3. The fourth-order valence-corrected chi connectivity index (χ4v) is 6.71. The number of likely N-dealkylation sites (tertiary alicyclic amines) is 1. The summed E-state index contributed by atoms with van der Waals surface area (Å²) in [4.78, 5) is 44.7. The molecule has 0 saturated carbocycles. The lowest BCUT2D eigenvalue weighted by atomic mass is 9.85. The predicted octanol–water partition coefficient (Wildman–Crippen LogP) is 3.98. The molecule has 1 spiro atoms. The van der Waals surface area contributed by atoms with Gasteiger partial charge in [0, 0.05) is 73.6 Å². The first-order chi connectivity index (χ1) is 24.8. The van der Waals surface area contributed by atoms with Crippen molar-refractivity contribution in [3.63, 3.8) is 0 Å². The molecular formula is C38H45N9O3. The second-order valence-electron chi connectivity index (χ2n) is 13.2. The molecule has 12 nitrogen and oxygen atoms in total. The minimum absolute atomic E-state index is 0.0249. The summed E-state index contributed by atoms with van der Waals surface area (Å²) in [5.74, 6) is 0.128. The van der Waals surface area contributed by atoms with Crippen LogP contribution in [0.5, 0.6) is 5.88 Å². The van der Waals surface area contributed by atoms with Gasteiger partial charge in [-0.15, -0.1) is 0 Å². The van der Waals surface area contributed by atoms with Gasteiger partial charge in [-0.3, -0.25) is 24.9 Å². The summed E-state index contributed by atoms with van der Waals surface area (Å²) in [6.07, 6.45) is 6.47. The Morgan fingerprint density at radius 2 is 1.88 bits per heavy atom. The van der Waals surface area contributed by atoms with E-state index in [2.05, 4.69) is 15.0 Å². The van der Waals surface area contributed by atoms with Crippen LogP contribution in [0.4, 0.5) is 11.4 Å². The molecule has 3 aromatic rings. The molecule has 0 bridgehead atoms. The van der Waals surface area contributed by atoms with Crippen LogP contribution < -0.4 is 21.1 Å². The number of benzene rings is 2. The Morgan fingerprint density at radius 3 is 2.56 bits per heavy atom. The van der Waals surface area contributed by atoms with Crippen molar-refractivity contribution in [3.05, 3.63) is 89.1 Å². The van der Waals surface area contributed by atoms with Crippen LogP contribution in [0.15, 0.2) is 76.9 Å². The van der Waals surface area contributed by atoms with E-state index in [1.165, 1.54) is 11.2 Å². The van der Waals surface area contributed by atoms with E-state index in [-0.39, 0.29) is 37.4 Å². The molecule has 2 saturated heterocycles. The van der Waals surface area contributed by atoms with Crippen molar-refractivity contribution >= 4 is 46.6 Å². The normalized spacial score (nSPS) is 20.8. The van der Waals surface area contributed by atoms with Crippen LogP contribution in [0.3, 0.4) is 0 Å². The molecule has 3 aliphatic heterocycles. The number of anilines is 2. The van der Waals surface area contributed by atoms with Gasteiger partial charge in [-0.05, 0) is 75.1 Å². The maximum absolute atomic E-state index is 14.1. The Kier molecular flexibility index (Phi) is 9.33. The van der Waals surface area contributed by atoms with Crippen molar-refractivity contribution in [2.24, 2.45) is 21.1 Å². The van der Waals surface area contributed by atoms with Gasteiger partial charge in [0.05, 0.1) is 26.5 Å². The number of nitrogens with one attached hydrogen (secondary N) is 1. The van der Waals surface area contributed by atoms with E-state index >= 15 is 0 Å². The van der Waals surface area contributed by atoms with E-state index in [1.807, 2.05) is 44.2 Å². The number of amidine groups is 1. The number of amides is 2. The van der Waals surface area contributed by atoms with Crippen LogP contribution in [-0.4, -0.2) is 96.9 Å². The molecule has 6 rings (SSSR count). The zero-order valence-corrected chi connectivity index (χ0v) is 28.7. The zero-order chi connectivity index (χ0) is 37.2. The summed E-state index contributed by atoms with van der Waals surface area (Å²) >= 11 is 0. The van der Waals surface area contributed by atoms with E-state index in [4.69, 9.17) is 24.4 Å². The van der Waals surface area contributed by atoms with Gasteiger partial charge in [0.2, 0.25) is 17.7 Å². The molecule has 3 aliphatic rings. The van der Waals surface area contributed by atoms with Crippen molar-refractivity contribution in [2.75, 3.05) is 56.9 Å². The molecule has 4 heterocycles. The molecule has 0 unspecified atom stereocenters. The van der Waals surface area contributed by atoms with Crippen molar-refractivity contribution in [1.82, 2.24) is 14.8 Å². The van der Waals surface area contributed by atoms with E-state index in [1.54, 1.807) is 53.4 Å². The summed E-state index contributed by atoms with van der Waals surface area (Å²) in [7, 11) is 1.62. The third-order valence-corrected chi connectivity index (χ3v) is 9.48. The molecule has 260 valence electrons. The van der Waals surface area contributed by atoms with Gasteiger partial charge in [0.25, 0.3) is 0 Å². The number of ether oxygens (including phenoxy) is 1. The van der Waals surface area contributed by atoms with Crippen molar-refractivity contribution in [2.45, 2.75) is 39.2 Å². The van der Waals surface area contributed by atoms with Crippen LogP contribution in [-0.2, 0) is 9.59 Å². The third kappa shape index (κ3) is 7.30. The average molecular weight is 678 g/mol. The number of rotatable bonds is 10. The molecule has 2 fully saturated rings. The molecule has 50 heavy (non-hydrogen) atoms. The number of aliphatic imine (C=N–C) groups is 2. The topological polar surface area (TPSA) is 167 Å². The number of pyridine rings is 1. The molecule has 0 aliphatic carbocycles. The number of hydrogen-bond acceptors (Lipinski definition) is 8. The fraction of sp³-hybridized carbons (Fsp3) is 0.368. The second-order valence-corrected chi connectivity index (χ2v) is 13.2. The molecule has 2 aromatic carbocycles. The fourth-order valence-electron chi connectivity index (χ4n) is 6.71. The number of aromatic nitrogens is 1. The molecule has 1 atom stereocenters. The Balaban J connectivity index is 1.10. The standard InChI is InChI=1S/C38H45N9O3/c1-25(2)50-33-11-8-29(21-43-33)35(40)31-20-30(9-10-32(31)39)47-19-15-38(37(47)49)14-18-45(23-38)22-34(48)46-16-12-27(13-17-46)26-4-6-28(7-5-26)36(41)44-24-42-3/h4-12,20-21,24-25,40H,13-19,22-23,39H2,1-3H3,(H2,41,42,44)/t38-/m0/s1/i22D2. The molecule has 1 aromatic heterocycles. The van der Waals surface area contributed by atoms with Crippen LogP contribution in [0.2, 0.25) is 0 Å². The Bertz CT molecular complexity index is 1940. The Morgan fingerprint density at radius 1 is 1.12 bits per heavy atom. The van der Waals surface area contributed by atoms with Gasteiger partial charge in [-0.1, -0.05) is 30.3 Å². The van der Waals surface area contributed by atoms with Crippen LogP contribution >= 0.6 is 0 Å². The minimum atomic E-state index is -2.27. The van der Waals surface area contributed by atoms with Gasteiger partial charge in [0.15, 0.2) is 0 Å². The smallest absolute Gasteiger partial charge is 0.237 e. The summed E-state index contributed by atoms with van der Waals surface area (Å²) < 4.78 is 23.5. The van der Waals surface area contributed by atoms with Crippen molar-refractivity contribution < 1.29 is 17.1 Å². The maximum atomic E-state index is 14.1. The second kappa shape index (κ2) is 14.6. The van der Waals surface area contributed by atoms with Crippen molar-refractivity contribution in [3.8, 4) is 5.88 Å². The highest BCUT2D eigenvalue weighted by molar-refractivity contribution is 6.14. The van der Waals surface area contributed by atoms with Crippen LogP contribution in [0.25, 0.3) is 5.57 Å². The summed E-state index contributed by atoms with van der Waals surface area (Å²) in [5.41, 5.74) is 16.6. The Hall–Kier alpha value is -5.36. The van der Waals surface area contributed by atoms with Crippen LogP contribution in [0, 0.1) is 10.8 Å². The first kappa shape index (κ1) is 31.9. The lowest BCUT2D eigenvalue weighted by Crippen LogP contribution is -2.43. The number of nitrogens with zero attached hydrogens (tertiary/aromatic N) is 6. The number of carbonyl (C=O) groups is 2. The minimum Gasteiger partial charge on any atom is -0.475 e. The summed E-state index contributed by atoms with van der Waals surface area (Å²) in [5, 5.41) is 8.85. The molecular weight excluding hydrogens is 630 g/mol. The van der Waals surface area contributed by atoms with E-state index in [0.29, 0.717) is 66.6 Å². The largest absolute Gasteiger partial charge is 0.475 e. The average Bonchev–Trinajstić information content (AvgIpc) is 3.74. The monoisotopic (exact) mass is 677 g/mol. The quantitative estimate of drug-likeness (QED) is 0.166. The highest BCUT2D eigenvalue weighted by atomic mass is 16.5. The first-order valence-corrected chi connectivity index (χ1v) is 16.8. The van der Waals surface area contributed by atoms with E-state index in [0.717, 1.165) is 16.7 Å². The molecule has 12 heteroatoms. The predicted molar refractivity (Wildman–Crippen MR) is 198 cm³/mol. The number of nitrogens with two attached hydrogens (primary N) is 2. The lowest BCUT2D eigenvalue weighted by molar-refractivity contribution is -0.132. The highest BCUT2D eigenvalue weighted by Crippen LogP contribution is 2.43. The maximum Gasteiger partial charge on any atom is 0.237 e. The van der Waals surface area contributed by atoms with Gasteiger partial charge >= 0.3 is 0 Å². The van der Waals surface area contributed by atoms with Crippen LogP contribution in [0.1, 0.15) is 58.1 Å². The SMILES string of the molecule is [2H]C([2H])(C(=O)N1CC=C(c2ccc(C(N)=NC=NC)cc2)CC1)N1CC[C@]2(CCN(c3ccc(N)c(C(=N)c4ccc(OC(C)C)nc4)c3)C2=O)C1. The zero-order valence-electron chi connectivity index (χ0n) is 30.7. The van der Waals surface area contributed by atoms with Gasteiger partial charge in [-0.2, -0.15) is 0 Å².